The van der Waals surface area contributed by atoms with Crippen LogP contribution in [0.5, 0.6) is 5.88 Å². The van der Waals surface area contributed by atoms with Crippen molar-refractivity contribution in [3.05, 3.63) is 23.4 Å². The third-order valence-corrected chi connectivity index (χ3v) is 3.69. The second-order valence-electron chi connectivity index (χ2n) is 5.88. The van der Waals surface area contributed by atoms with Gasteiger partial charge in [-0.05, 0) is 43.7 Å². The average molecular weight is 262 g/mol. The van der Waals surface area contributed by atoms with Crippen molar-refractivity contribution < 1.29 is 4.74 Å². The molecule has 1 aliphatic carbocycles. The van der Waals surface area contributed by atoms with Crippen LogP contribution in [-0.2, 0) is 13.0 Å². The number of hydrogen-bond acceptors (Lipinski definition) is 3. The Bertz CT molecular complexity index is 413. The van der Waals surface area contributed by atoms with Gasteiger partial charge in [0.25, 0.3) is 0 Å². The summed E-state index contributed by atoms with van der Waals surface area (Å²) in [6.45, 7) is 9.50. The Labute approximate surface area is 116 Å². The number of rotatable bonds is 7. The van der Waals surface area contributed by atoms with Crippen molar-refractivity contribution in [2.75, 3.05) is 0 Å². The molecule has 0 amide bonds. The van der Waals surface area contributed by atoms with Crippen molar-refractivity contribution >= 4 is 0 Å². The normalized spacial score (nSPS) is 16.7. The minimum atomic E-state index is 0.198. The van der Waals surface area contributed by atoms with E-state index in [1.165, 1.54) is 18.4 Å². The third kappa shape index (κ3) is 4.50. The highest BCUT2D eigenvalue weighted by Crippen LogP contribution is 2.21. The molecule has 3 nitrogen and oxygen atoms in total. The highest BCUT2D eigenvalue weighted by Gasteiger charge is 2.20. The molecule has 0 radical (unpaired) electrons. The fraction of sp³-hybridized carbons (Fsp3) is 0.688. The SMILES string of the molecule is CCc1cc(CNC2CC2)cc(OC(C)C(C)C)n1. The smallest absolute Gasteiger partial charge is 0.214 e. The van der Waals surface area contributed by atoms with Crippen LogP contribution in [-0.4, -0.2) is 17.1 Å². The molecule has 1 N–H and O–H groups in total. The summed E-state index contributed by atoms with van der Waals surface area (Å²) < 4.78 is 5.94. The molecule has 0 spiro atoms. The molecule has 0 aliphatic heterocycles. The van der Waals surface area contributed by atoms with Crippen LogP contribution >= 0.6 is 0 Å². The zero-order chi connectivity index (χ0) is 13.8. The van der Waals surface area contributed by atoms with Gasteiger partial charge in [-0.1, -0.05) is 20.8 Å². The Morgan fingerprint density at radius 2 is 2.05 bits per heavy atom. The van der Waals surface area contributed by atoms with Gasteiger partial charge in [-0.2, -0.15) is 0 Å². The molecule has 1 atom stereocenters. The quantitative estimate of drug-likeness (QED) is 0.818. The lowest BCUT2D eigenvalue weighted by Crippen LogP contribution is -2.20. The zero-order valence-corrected chi connectivity index (χ0v) is 12.6. The molecule has 1 aromatic rings. The molecule has 1 heterocycles. The summed E-state index contributed by atoms with van der Waals surface area (Å²) in [5.74, 6) is 1.27. The van der Waals surface area contributed by atoms with Crippen LogP contribution in [0.15, 0.2) is 12.1 Å². The van der Waals surface area contributed by atoms with Gasteiger partial charge in [-0.15, -0.1) is 0 Å². The lowest BCUT2D eigenvalue weighted by molar-refractivity contribution is 0.163. The second-order valence-corrected chi connectivity index (χ2v) is 5.88. The third-order valence-electron chi connectivity index (χ3n) is 3.69. The first-order valence-corrected chi connectivity index (χ1v) is 7.48. The summed E-state index contributed by atoms with van der Waals surface area (Å²) in [6, 6.07) is 4.99. The van der Waals surface area contributed by atoms with Crippen LogP contribution in [0.4, 0.5) is 0 Å². The molecular formula is C16H26N2O. The van der Waals surface area contributed by atoms with Crippen molar-refractivity contribution in [1.29, 1.82) is 0 Å². The lowest BCUT2D eigenvalue weighted by Gasteiger charge is -2.18. The van der Waals surface area contributed by atoms with E-state index in [-0.39, 0.29) is 6.10 Å². The molecule has 1 aliphatic rings. The number of ether oxygens (including phenoxy) is 1. The minimum Gasteiger partial charge on any atom is -0.474 e. The van der Waals surface area contributed by atoms with Crippen molar-refractivity contribution in [1.82, 2.24) is 10.3 Å². The van der Waals surface area contributed by atoms with Crippen LogP contribution in [0.25, 0.3) is 0 Å². The number of pyridine rings is 1. The molecule has 0 aromatic carbocycles. The van der Waals surface area contributed by atoms with Crippen LogP contribution in [0.1, 0.15) is 51.8 Å². The van der Waals surface area contributed by atoms with Crippen molar-refractivity contribution in [3.63, 3.8) is 0 Å². The predicted octanol–water partition coefficient (Wildman–Crippen LogP) is 3.32. The zero-order valence-electron chi connectivity index (χ0n) is 12.6. The fourth-order valence-corrected chi connectivity index (χ4v) is 1.84. The Hall–Kier alpha value is -1.09. The van der Waals surface area contributed by atoms with Crippen LogP contribution in [0.2, 0.25) is 0 Å². The number of nitrogens with zero attached hydrogens (tertiary/aromatic N) is 1. The molecule has 1 unspecified atom stereocenters. The predicted molar refractivity (Wildman–Crippen MR) is 78.4 cm³/mol. The Morgan fingerprint density at radius 3 is 2.63 bits per heavy atom. The van der Waals surface area contributed by atoms with Gasteiger partial charge in [-0.25, -0.2) is 4.98 Å². The van der Waals surface area contributed by atoms with Gasteiger partial charge in [0.1, 0.15) is 0 Å². The van der Waals surface area contributed by atoms with E-state index in [1.54, 1.807) is 0 Å². The van der Waals surface area contributed by atoms with E-state index in [4.69, 9.17) is 4.74 Å². The fourth-order valence-electron chi connectivity index (χ4n) is 1.84. The molecule has 1 saturated carbocycles. The Kier molecular flexibility index (Phi) is 4.81. The minimum absolute atomic E-state index is 0.198. The topological polar surface area (TPSA) is 34.1 Å². The standard InChI is InChI=1S/C16H26N2O/c1-5-14-8-13(10-17-15-6-7-15)9-16(18-14)19-12(4)11(2)3/h8-9,11-12,15,17H,5-7,10H2,1-4H3. The van der Waals surface area contributed by atoms with E-state index in [1.807, 2.05) is 0 Å². The highest BCUT2D eigenvalue weighted by molar-refractivity contribution is 5.25. The van der Waals surface area contributed by atoms with Crippen LogP contribution in [0, 0.1) is 5.92 Å². The number of aromatic nitrogens is 1. The average Bonchev–Trinajstić information content (AvgIpc) is 3.20. The van der Waals surface area contributed by atoms with E-state index in [0.717, 1.165) is 30.6 Å². The molecule has 19 heavy (non-hydrogen) atoms. The summed E-state index contributed by atoms with van der Waals surface area (Å²) in [5, 5.41) is 3.54. The first-order chi connectivity index (χ1) is 9.08. The summed E-state index contributed by atoms with van der Waals surface area (Å²) in [5.41, 5.74) is 2.39. The maximum absolute atomic E-state index is 5.94. The van der Waals surface area contributed by atoms with Gasteiger partial charge in [0.2, 0.25) is 5.88 Å². The number of hydrogen-bond donors (Lipinski definition) is 1. The maximum atomic E-state index is 5.94. The van der Waals surface area contributed by atoms with Gasteiger partial charge in [0.05, 0.1) is 6.10 Å². The van der Waals surface area contributed by atoms with Crippen LogP contribution in [0.3, 0.4) is 0 Å². The van der Waals surface area contributed by atoms with Gasteiger partial charge in [0, 0.05) is 24.3 Å². The van der Waals surface area contributed by atoms with E-state index in [9.17, 15) is 0 Å². The van der Waals surface area contributed by atoms with E-state index in [0.29, 0.717) is 5.92 Å². The van der Waals surface area contributed by atoms with Crippen LogP contribution < -0.4 is 10.1 Å². The van der Waals surface area contributed by atoms with Gasteiger partial charge in [-0.3, -0.25) is 0 Å². The number of nitrogens with one attached hydrogen (secondary N) is 1. The largest absolute Gasteiger partial charge is 0.474 e. The Morgan fingerprint density at radius 1 is 1.32 bits per heavy atom. The first kappa shape index (κ1) is 14.3. The van der Waals surface area contributed by atoms with E-state index < -0.39 is 0 Å². The van der Waals surface area contributed by atoms with Gasteiger partial charge < -0.3 is 10.1 Å². The van der Waals surface area contributed by atoms with E-state index in [2.05, 4.69) is 50.1 Å². The molecule has 3 heteroatoms. The molecule has 106 valence electrons. The maximum Gasteiger partial charge on any atom is 0.214 e. The molecule has 0 saturated heterocycles. The second kappa shape index (κ2) is 6.38. The summed E-state index contributed by atoms with van der Waals surface area (Å²) >= 11 is 0. The molecular weight excluding hydrogens is 236 g/mol. The highest BCUT2D eigenvalue weighted by atomic mass is 16.5. The summed E-state index contributed by atoms with van der Waals surface area (Å²) in [4.78, 5) is 4.57. The van der Waals surface area contributed by atoms with E-state index >= 15 is 0 Å². The van der Waals surface area contributed by atoms with Gasteiger partial charge in [0.15, 0.2) is 0 Å². The van der Waals surface area contributed by atoms with Crippen molar-refractivity contribution in [2.24, 2.45) is 5.92 Å². The monoisotopic (exact) mass is 262 g/mol. The lowest BCUT2D eigenvalue weighted by atomic mass is 10.1. The summed E-state index contributed by atoms with van der Waals surface area (Å²) in [6.07, 6.45) is 3.78. The molecule has 1 fully saturated rings. The van der Waals surface area contributed by atoms with Gasteiger partial charge >= 0.3 is 0 Å². The Balaban J connectivity index is 2.05. The summed E-state index contributed by atoms with van der Waals surface area (Å²) in [7, 11) is 0. The molecule has 0 bridgehead atoms. The number of aryl methyl sites for hydroxylation is 1. The van der Waals surface area contributed by atoms with Crippen molar-refractivity contribution in [3.8, 4) is 5.88 Å². The van der Waals surface area contributed by atoms with Crippen molar-refractivity contribution in [2.45, 2.75) is 65.6 Å². The molecule has 2 rings (SSSR count). The first-order valence-electron chi connectivity index (χ1n) is 7.48. The molecule has 1 aromatic heterocycles.